The monoisotopic (exact) mass is 953 g/mol. The molecule has 1 aliphatic rings. The smallest absolute Gasteiger partial charge is 0.255 e. The molecule has 0 unspecified atom stereocenters. The number of nitriles is 1. The summed E-state index contributed by atoms with van der Waals surface area (Å²) in [6, 6.07) is 15.0. The largest absolute Gasteiger partial charge is 0.492 e. The third kappa shape index (κ3) is 13.9. The molecule has 1 aromatic heterocycles. The Morgan fingerprint density at radius 1 is 0.940 bits per heavy atom. The Kier molecular flexibility index (Phi) is 19.3. The molecule has 4 aromatic rings. The maximum Gasteiger partial charge on any atom is 0.255 e. The number of amides is 5. The number of fused-ring (bicyclic) bond motifs is 5. The van der Waals surface area contributed by atoms with Crippen molar-refractivity contribution in [1.29, 1.82) is 5.26 Å². The van der Waals surface area contributed by atoms with Crippen LogP contribution in [0.1, 0.15) is 66.0 Å². The number of hydrogen-bond acceptors (Lipinski definition) is 15. The molecule has 4 atom stereocenters. The lowest BCUT2D eigenvalue weighted by Crippen LogP contribution is -2.56. The van der Waals surface area contributed by atoms with E-state index in [4.69, 9.17) is 31.9 Å². The first-order valence-corrected chi connectivity index (χ1v) is 24.2. The van der Waals surface area contributed by atoms with Crippen LogP contribution in [0.5, 0.6) is 11.5 Å². The Bertz CT molecular complexity index is 2430. The van der Waals surface area contributed by atoms with E-state index in [0.717, 1.165) is 16.9 Å². The average molecular weight is 954 g/mol. The number of ether oxygens (including phenoxy) is 2. The summed E-state index contributed by atoms with van der Waals surface area (Å²) in [5.41, 5.74) is 22.0. The Hall–Kier alpha value is -6.24. The zero-order valence-electron chi connectivity index (χ0n) is 38.3. The van der Waals surface area contributed by atoms with Gasteiger partial charge in [-0.25, -0.2) is 9.97 Å². The van der Waals surface area contributed by atoms with Crippen molar-refractivity contribution in [2.75, 3.05) is 46.4 Å². The molecule has 0 saturated carbocycles. The van der Waals surface area contributed by atoms with Crippen molar-refractivity contribution in [3.05, 3.63) is 94.8 Å². The second-order valence-corrected chi connectivity index (χ2v) is 18.9. The van der Waals surface area contributed by atoms with Crippen molar-refractivity contribution in [2.45, 2.75) is 75.7 Å². The molecule has 3 aromatic carbocycles. The second-order valence-electron chi connectivity index (χ2n) is 16.0. The van der Waals surface area contributed by atoms with E-state index in [1.807, 2.05) is 41.1 Å². The molecular formula is C47H59N11O7S2. The zero-order chi connectivity index (χ0) is 48.6. The molecule has 0 saturated heterocycles. The lowest BCUT2D eigenvalue weighted by molar-refractivity contribution is -0.141. The normalized spacial score (nSPS) is 16.4. The summed E-state index contributed by atoms with van der Waals surface area (Å²) in [5.74, 6) is -1.30. The summed E-state index contributed by atoms with van der Waals surface area (Å²) in [4.78, 5) is 80.5. The first-order valence-electron chi connectivity index (χ1n) is 21.9. The predicted molar refractivity (Wildman–Crippen MR) is 260 cm³/mol. The van der Waals surface area contributed by atoms with Crippen LogP contribution in [0, 0.1) is 18.3 Å². The van der Waals surface area contributed by atoms with Gasteiger partial charge in [0.05, 0.1) is 17.3 Å². The Labute approximate surface area is 398 Å². The lowest BCUT2D eigenvalue weighted by atomic mass is 9.93. The Balaban J connectivity index is 1.51. The number of hydrogen-bond donors (Lipinski definition) is 7. The first-order chi connectivity index (χ1) is 32.2. The SMILES string of the molecule is Cc1nc(-c2ccc(CSSC(C)C)cc2)ncc1C(=O)N[C@@H](CCN)C(=O)N(C)[C@@H]1C(=O)N[C@@H](C)C(=O)N[C@H](C(=O)NCC#N)Cc2ccc(OCCN)c(c2)-c2cc1ccc2OCCN. The third-order valence-corrected chi connectivity index (χ3v) is 13.4. The molecule has 4 bridgehead atoms. The van der Waals surface area contributed by atoms with Gasteiger partial charge in [0.15, 0.2) is 5.82 Å². The number of aryl methyl sites for hydroxylation is 1. The number of benzene rings is 3. The fraction of sp³-hybridized carbons (Fsp3) is 0.404. The average Bonchev–Trinajstić information content (AvgIpc) is 3.31. The number of nitrogens with two attached hydrogens (primary N) is 3. The molecular weight excluding hydrogens is 895 g/mol. The van der Waals surface area contributed by atoms with E-state index >= 15 is 0 Å². The highest BCUT2D eigenvalue weighted by Gasteiger charge is 2.36. The van der Waals surface area contributed by atoms with Gasteiger partial charge >= 0.3 is 0 Å². The maximum atomic E-state index is 14.7. The van der Waals surface area contributed by atoms with E-state index in [2.05, 4.69) is 45.1 Å². The molecule has 2 heterocycles. The molecule has 67 heavy (non-hydrogen) atoms. The van der Waals surface area contributed by atoms with E-state index in [1.165, 1.54) is 25.1 Å². The summed E-state index contributed by atoms with van der Waals surface area (Å²) in [7, 11) is 5.02. The fourth-order valence-corrected chi connectivity index (χ4v) is 9.28. The minimum absolute atomic E-state index is 0.0000297. The summed E-state index contributed by atoms with van der Waals surface area (Å²) in [6.45, 7) is 7.79. The van der Waals surface area contributed by atoms with Gasteiger partial charge in [0.1, 0.15) is 55.4 Å². The van der Waals surface area contributed by atoms with Gasteiger partial charge in [-0.15, -0.1) is 0 Å². The van der Waals surface area contributed by atoms with Crippen LogP contribution in [0.15, 0.2) is 66.9 Å². The van der Waals surface area contributed by atoms with E-state index in [-0.39, 0.29) is 57.8 Å². The van der Waals surface area contributed by atoms with E-state index in [9.17, 15) is 24.0 Å². The lowest BCUT2D eigenvalue weighted by Gasteiger charge is -2.32. The Morgan fingerprint density at radius 3 is 2.24 bits per heavy atom. The van der Waals surface area contributed by atoms with Gasteiger partial charge in [0.2, 0.25) is 23.6 Å². The van der Waals surface area contributed by atoms with Gasteiger partial charge in [0, 0.05) is 60.4 Å². The molecule has 0 aliphatic carbocycles. The van der Waals surface area contributed by atoms with Crippen LogP contribution in [-0.2, 0) is 31.4 Å². The first kappa shape index (κ1) is 51.7. The maximum absolute atomic E-state index is 14.7. The minimum atomic E-state index is -1.40. The van der Waals surface area contributed by atoms with Crippen molar-refractivity contribution >= 4 is 51.1 Å². The number of carbonyl (C=O) groups is 5. The van der Waals surface area contributed by atoms with Gasteiger partial charge < -0.3 is 52.8 Å². The van der Waals surface area contributed by atoms with E-state index < -0.39 is 53.7 Å². The van der Waals surface area contributed by atoms with Crippen molar-refractivity contribution in [2.24, 2.45) is 17.2 Å². The number of carbonyl (C=O) groups excluding carboxylic acids is 5. The standard InChI is InChI=1S/C47H59N11O7S2/c1-27(2)67-66-26-30-6-9-32(10-7-30)42-53-25-36(28(3)54-42)44(60)56-37(14-15-48)47(63)58(5)41-33-11-13-40(65-21-18-51)35(24-33)34-22-31(8-12-39(34)64-20-17-50)23-38(45(61)52-19-16-49)57-43(59)29(4)55-46(41)62/h6-13,22,24-25,27,29,37-38,41H,14-15,17-21,23,26,48,50-51H2,1-5H3,(H,52,61)(H,55,62)(H,56,60)(H,57,59)/t29-,37-,38-,41-/m0/s1. The van der Waals surface area contributed by atoms with Crippen molar-refractivity contribution in [3.63, 3.8) is 0 Å². The van der Waals surface area contributed by atoms with Crippen molar-refractivity contribution < 1.29 is 33.4 Å². The number of nitrogens with zero attached hydrogens (tertiary/aromatic N) is 4. The van der Waals surface area contributed by atoms with Crippen LogP contribution >= 0.6 is 21.6 Å². The highest BCUT2D eigenvalue weighted by atomic mass is 33.1. The van der Waals surface area contributed by atoms with Crippen LogP contribution in [0.25, 0.3) is 22.5 Å². The van der Waals surface area contributed by atoms with E-state index in [1.54, 1.807) is 54.1 Å². The van der Waals surface area contributed by atoms with Crippen LogP contribution in [0.3, 0.4) is 0 Å². The number of aromatic nitrogens is 2. The number of nitrogens with one attached hydrogen (secondary N) is 4. The van der Waals surface area contributed by atoms with Gasteiger partial charge in [-0.3, -0.25) is 24.0 Å². The summed E-state index contributed by atoms with van der Waals surface area (Å²) in [5, 5.41) is 20.4. The predicted octanol–water partition coefficient (Wildman–Crippen LogP) is 2.92. The summed E-state index contributed by atoms with van der Waals surface area (Å²) in [6.07, 6.45) is 1.42. The minimum Gasteiger partial charge on any atom is -0.492 e. The molecule has 356 valence electrons. The molecule has 18 nitrogen and oxygen atoms in total. The van der Waals surface area contributed by atoms with Gasteiger partial charge in [-0.1, -0.05) is 71.8 Å². The topological polar surface area (TPSA) is 283 Å². The molecule has 5 amide bonds. The Morgan fingerprint density at radius 2 is 1.61 bits per heavy atom. The summed E-state index contributed by atoms with van der Waals surface area (Å²) < 4.78 is 12.2. The highest BCUT2D eigenvalue weighted by molar-refractivity contribution is 8.76. The van der Waals surface area contributed by atoms with Crippen LogP contribution in [0.4, 0.5) is 0 Å². The molecule has 1 aliphatic heterocycles. The number of likely N-dealkylation sites (N-methyl/N-ethyl adjacent to an activating group) is 1. The molecule has 0 spiro atoms. The molecule has 0 radical (unpaired) electrons. The fourth-order valence-electron chi connectivity index (χ4n) is 7.18. The number of rotatable bonds is 19. The van der Waals surface area contributed by atoms with Crippen LogP contribution < -0.4 is 47.9 Å². The molecule has 5 rings (SSSR count). The van der Waals surface area contributed by atoms with Crippen LogP contribution in [-0.4, -0.2) is 114 Å². The van der Waals surface area contributed by atoms with Gasteiger partial charge in [-0.2, -0.15) is 5.26 Å². The second kappa shape index (κ2) is 25.0. The van der Waals surface area contributed by atoms with E-state index in [0.29, 0.717) is 50.5 Å². The van der Waals surface area contributed by atoms with Crippen molar-refractivity contribution in [1.82, 2.24) is 36.1 Å². The molecule has 0 fully saturated rings. The molecule has 10 N–H and O–H groups in total. The van der Waals surface area contributed by atoms with Gasteiger partial charge in [-0.05, 0) is 67.8 Å². The molecule has 20 heteroatoms. The summed E-state index contributed by atoms with van der Waals surface area (Å²) >= 11 is 0. The quantitative estimate of drug-likeness (QED) is 0.0526. The zero-order valence-corrected chi connectivity index (χ0v) is 39.9. The van der Waals surface area contributed by atoms with Crippen molar-refractivity contribution in [3.8, 4) is 40.1 Å². The van der Waals surface area contributed by atoms with Gasteiger partial charge in [0.25, 0.3) is 5.91 Å². The highest BCUT2D eigenvalue weighted by Crippen LogP contribution is 2.40. The third-order valence-electron chi connectivity index (χ3n) is 10.5. The van der Waals surface area contributed by atoms with Crippen LogP contribution in [0.2, 0.25) is 0 Å².